The van der Waals surface area contributed by atoms with E-state index >= 15 is 0 Å². The highest BCUT2D eigenvalue weighted by Gasteiger charge is 2.48. The van der Waals surface area contributed by atoms with Crippen LogP contribution in [-0.4, -0.2) is 29.1 Å². The van der Waals surface area contributed by atoms with Gasteiger partial charge in [0, 0.05) is 5.92 Å². The molecule has 6 nitrogen and oxygen atoms in total. The number of rotatable bonds is 6. The van der Waals surface area contributed by atoms with Crippen molar-refractivity contribution in [3.63, 3.8) is 0 Å². The van der Waals surface area contributed by atoms with Gasteiger partial charge in [-0.05, 0) is 49.4 Å². The van der Waals surface area contributed by atoms with Gasteiger partial charge < -0.3 is 9.47 Å². The molecular weight excluding hydrogens is 450 g/mol. The van der Waals surface area contributed by atoms with E-state index in [9.17, 15) is 4.79 Å². The zero-order valence-electron chi connectivity index (χ0n) is 19.1. The fraction of sp³-hybridized carbons (Fsp3) is 0.296. The number of aliphatic imine (C=N–C) groups is 2. The standard InChI is InChI=1S/C27H27ClN3O3/c1-33-27(32)21-12-10-20(11-13-21)25-24-17-29-14-15-31(24,28)26(30-25)22-8-5-9-23(16-22)34-18-19-6-3-2-4-7-19/h2-9,14-17,20-21H,10-13,18H2,1H3/q+1. The predicted octanol–water partition coefficient (Wildman–Crippen LogP) is 5.74. The van der Waals surface area contributed by atoms with Gasteiger partial charge in [-0.2, -0.15) is 4.99 Å². The molecule has 2 heterocycles. The molecule has 34 heavy (non-hydrogen) atoms. The molecule has 0 bridgehead atoms. The van der Waals surface area contributed by atoms with Crippen LogP contribution < -0.4 is 4.74 Å². The minimum atomic E-state index is -0.122. The highest BCUT2D eigenvalue weighted by atomic mass is 35.5. The molecule has 1 atom stereocenters. The zero-order valence-corrected chi connectivity index (χ0v) is 19.8. The SMILES string of the molecule is COC(=O)C1CCC(C2=C3C=NC=C[N+]3(Cl)C(c3cccc(OCc4ccccc4)c3)=N2)CC1. The summed E-state index contributed by atoms with van der Waals surface area (Å²) >= 11 is 7.17. The maximum absolute atomic E-state index is 12.0. The number of hydrogen-bond donors (Lipinski definition) is 0. The number of amidine groups is 1. The number of halogens is 1. The molecular formula is C27H27ClN3O3+. The Balaban J connectivity index is 1.40. The lowest BCUT2D eigenvalue weighted by atomic mass is 9.80. The summed E-state index contributed by atoms with van der Waals surface area (Å²) in [6, 6.07) is 18.0. The van der Waals surface area contributed by atoms with E-state index in [0.29, 0.717) is 6.61 Å². The van der Waals surface area contributed by atoms with E-state index in [2.05, 4.69) is 4.99 Å². The Morgan fingerprint density at radius 3 is 2.65 bits per heavy atom. The quantitative estimate of drug-likeness (QED) is 0.394. The van der Waals surface area contributed by atoms with Crippen LogP contribution in [0.1, 0.15) is 36.8 Å². The fourth-order valence-electron chi connectivity index (χ4n) is 4.86. The zero-order chi connectivity index (χ0) is 23.5. The Kier molecular flexibility index (Phi) is 6.35. The second-order valence-electron chi connectivity index (χ2n) is 8.79. The van der Waals surface area contributed by atoms with Crippen LogP contribution in [0.2, 0.25) is 0 Å². The Labute approximate surface area is 204 Å². The van der Waals surface area contributed by atoms with E-state index in [1.165, 1.54) is 7.11 Å². The number of carbonyl (C=O) groups is 1. The number of fused-ring (bicyclic) bond motifs is 1. The van der Waals surface area contributed by atoms with Crippen molar-refractivity contribution in [1.82, 2.24) is 0 Å². The maximum Gasteiger partial charge on any atom is 0.308 e. The molecule has 0 spiro atoms. The van der Waals surface area contributed by atoms with Crippen LogP contribution in [-0.2, 0) is 16.1 Å². The maximum atomic E-state index is 12.0. The molecule has 1 aliphatic carbocycles. The van der Waals surface area contributed by atoms with Gasteiger partial charge in [0.2, 0.25) is 5.70 Å². The van der Waals surface area contributed by atoms with Crippen LogP contribution in [0.25, 0.3) is 0 Å². The summed E-state index contributed by atoms with van der Waals surface area (Å²) in [6.45, 7) is 0.488. The smallest absolute Gasteiger partial charge is 0.308 e. The lowest BCUT2D eigenvalue weighted by Gasteiger charge is -2.27. The summed E-state index contributed by atoms with van der Waals surface area (Å²) in [5.41, 5.74) is 3.83. The summed E-state index contributed by atoms with van der Waals surface area (Å²) in [5.74, 6) is 1.55. The minimum absolute atomic E-state index is 0.0367. The van der Waals surface area contributed by atoms with Crippen LogP contribution >= 0.6 is 11.8 Å². The predicted molar refractivity (Wildman–Crippen MR) is 132 cm³/mol. The van der Waals surface area contributed by atoms with Gasteiger partial charge in [-0.15, -0.1) is 4.00 Å². The van der Waals surface area contributed by atoms with Gasteiger partial charge in [-0.1, -0.05) is 36.4 Å². The van der Waals surface area contributed by atoms with Crippen LogP contribution in [0.5, 0.6) is 5.75 Å². The number of nitrogens with zero attached hydrogens (tertiary/aromatic N) is 3. The third-order valence-electron chi connectivity index (χ3n) is 6.69. The highest BCUT2D eigenvalue weighted by molar-refractivity contribution is 6.20. The van der Waals surface area contributed by atoms with Crippen LogP contribution in [0.3, 0.4) is 0 Å². The van der Waals surface area contributed by atoms with Crippen molar-refractivity contribution in [2.75, 3.05) is 7.11 Å². The molecule has 5 rings (SSSR count). The van der Waals surface area contributed by atoms with Crippen molar-refractivity contribution in [2.24, 2.45) is 21.8 Å². The minimum Gasteiger partial charge on any atom is -0.489 e. The van der Waals surface area contributed by atoms with E-state index in [4.69, 9.17) is 26.2 Å². The average Bonchev–Trinajstić information content (AvgIpc) is 3.21. The van der Waals surface area contributed by atoms with Gasteiger partial charge in [0.25, 0.3) is 5.84 Å². The fourth-order valence-corrected chi connectivity index (χ4v) is 5.17. The number of hydrogen-bond acceptors (Lipinski definition) is 5. The van der Waals surface area contributed by atoms with Gasteiger partial charge >= 0.3 is 5.97 Å². The molecule has 0 N–H and O–H groups in total. The van der Waals surface area contributed by atoms with E-state index in [0.717, 1.165) is 59.8 Å². The Hall–Kier alpha value is -3.22. The first-order chi connectivity index (χ1) is 16.6. The number of ether oxygens (including phenoxy) is 2. The Morgan fingerprint density at radius 2 is 1.88 bits per heavy atom. The Bertz CT molecular complexity index is 1200. The Morgan fingerprint density at radius 1 is 1.09 bits per heavy atom. The topological polar surface area (TPSA) is 60.2 Å². The van der Waals surface area contributed by atoms with Gasteiger partial charge in [0.1, 0.15) is 24.3 Å². The summed E-state index contributed by atoms with van der Waals surface area (Å²) in [5, 5.41) is 0. The van der Waals surface area contributed by atoms with Gasteiger partial charge in [-0.3, -0.25) is 9.79 Å². The molecule has 0 saturated heterocycles. The highest BCUT2D eigenvalue weighted by Crippen LogP contribution is 2.44. The van der Waals surface area contributed by atoms with Gasteiger partial charge in [0.05, 0.1) is 31.0 Å². The van der Waals surface area contributed by atoms with Crippen molar-refractivity contribution >= 4 is 29.8 Å². The van der Waals surface area contributed by atoms with Crippen molar-refractivity contribution in [2.45, 2.75) is 32.3 Å². The number of carbonyl (C=O) groups excluding carboxylic acids is 1. The van der Waals surface area contributed by atoms with E-state index in [1.54, 1.807) is 12.4 Å². The first-order valence-corrected chi connectivity index (χ1v) is 11.9. The van der Waals surface area contributed by atoms with Crippen molar-refractivity contribution in [3.8, 4) is 5.75 Å². The molecule has 2 aromatic rings. The van der Waals surface area contributed by atoms with Crippen molar-refractivity contribution < 1.29 is 18.3 Å². The van der Waals surface area contributed by atoms with Crippen LogP contribution in [0.4, 0.5) is 0 Å². The summed E-state index contributed by atoms with van der Waals surface area (Å²) in [7, 11) is 1.45. The molecule has 1 fully saturated rings. The molecule has 7 heteroatoms. The van der Waals surface area contributed by atoms with Crippen LogP contribution in [0.15, 0.2) is 88.4 Å². The van der Waals surface area contributed by atoms with Crippen molar-refractivity contribution in [1.29, 1.82) is 0 Å². The molecule has 0 amide bonds. The molecule has 3 aliphatic rings. The lowest BCUT2D eigenvalue weighted by Crippen LogP contribution is -2.38. The number of esters is 1. The molecule has 1 unspecified atom stereocenters. The third kappa shape index (κ3) is 4.31. The van der Waals surface area contributed by atoms with Crippen molar-refractivity contribution in [3.05, 3.63) is 89.5 Å². The first kappa shape index (κ1) is 22.6. The van der Waals surface area contributed by atoms with Gasteiger partial charge in [0.15, 0.2) is 11.8 Å². The normalized spacial score (nSPS) is 25.6. The summed E-state index contributed by atoms with van der Waals surface area (Å²) in [4.78, 5) is 21.4. The molecule has 2 aromatic carbocycles. The third-order valence-corrected chi connectivity index (χ3v) is 7.15. The second kappa shape index (κ2) is 9.57. The lowest BCUT2D eigenvalue weighted by molar-refractivity contribution is -0.600. The van der Waals surface area contributed by atoms with E-state index in [1.807, 2.05) is 60.8 Å². The number of methoxy groups -OCH3 is 1. The van der Waals surface area contributed by atoms with Gasteiger partial charge in [-0.25, -0.2) is 0 Å². The number of allylic oxidation sites excluding steroid dienone is 2. The number of benzene rings is 2. The summed E-state index contributed by atoms with van der Waals surface area (Å²) in [6.07, 6.45) is 8.67. The largest absolute Gasteiger partial charge is 0.489 e. The monoisotopic (exact) mass is 476 g/mol. The molecule has 0 radical (unpaired) electrons. The number of quaternary nitrogens is 1. The first-order valence-electron chi connectivity index (χ1n) is 11.6. The molecule has 174 valence electrons. The van der Waals surface area contributed by atoms with Crippen LogP contribution in [0, 0.1) is 11.8 Å². The van der Waals surface area contributed by atoms with E-state index in [-0.39, 0.29) is 21.8 Å². The van der Waals surface area contributed by atoms with E-state index < -0.39 is 0 Å². The molecule has 0 aromatic heterocycles. The second-order valence-corrected chi connectivity index (χ2v) is 9.33. The summed E-state index contributed by atoms with van der Waals surface area (Å²) < 4.78 is 10.9. The molecule has 2 aliphatic heterocycles. The molecule has 1 saturated carbocycles. The average molecular weight is 477 g/mol.